The molecule has 2 aliphatic rings. The van der Waals surface area contributed by atoms with Crippen LogP contribution < -0.4 is 5.32 Å². The van der Waals surface area contributed by atoms with Crippen molar-refractivity contribution in [1.82, 2.24) is 5.32 Å². The number of benzene rings is 1. The molecule has 0 aromatic heterocycles. The Morgan fingerprint density at radius 1 is 1.26 bits per heavy atom. The minimum atomic E-state index is 0.506. The lowest BCUT2D eigenvalue weighted by Crippen LogP contribution is -2.41. The molecule has 1 unspecified atom stereocenters. The molecule has 0 radical (unpaired) electrons. The van der Waals surface area contributed by atoms with Gasteiger partial charge in [0.2, 0.25) is 0 Å². The number of nitrogens with one attached hydrogen (secondary N) is 1. The summed E-state index contributed by atoms with van der Waals surface area (Å²) in [5.74, 6) is 0.647. The Balaban J connectivity index is 1.37. The smallest absolute Gasteiger partial charge is 0.0588 e. The van der Waals surface area contributed by atoms with Gasteiger partial charge in [-0.3, -0.25) is 0 Å². The monoisotopic (exact) mass is 279 g/mol. The Labute approximate surface area is 120 Å². The summed E-state index contributed by atoms with van der Waals surface area (Å²) < 4.78 is 5.64. The average Bonchev–Trinajstić information content (AvgIpc) is 2.87. The van der Waals surface area contributed by atoms with Crippen LogP contribution in [0.1, 0.15) is 43.6 Å². The van der Waals surface area contributed by atoms with Crippen molar-refractivity contribution in [2.24, 2.45) is 0 Å². The van der Waals surface area contributed by atoms with E-state index in [2.05, 4.69) is 17.4 Å². The van der Waals surface area contributed by atoms with Gasteiger partial charge >= 0.3 is 0 Å². The molecule has 3 heteroatoms. The van der Waals surface area contributed by atoms with Gasteiger partial charge in [-0.15, -0.1) is 0 Å². The third-order valence-corrected chi connectivity index (χ3v) is 4.75. The molecule has 1 aliphatic carbocycles. The SMILES string of the molecule is Clc1ccccc1C1CC(NCCC2CCCO2)C1. The van der Waals surface area contributed by atoms with Gasteiger partial charge in [-0.05, 0) is 56.2 Å². The van der Waals surface area contributed by atoms with Gasteiger partial charge in [-0.1, -0.05) is 29.8 Å². The van der Waals surface area contributed by atoms with E-state index in [9.17, 15) is 0 Å². The summed E-state index contributed by atoms with van der Waals surface area (Å²) in [6, 6.07) is 8.91. The number of rotatable bonds is 5. The minimum Gasteiger partial charge on any atom is -0.378 e. The normalized spacial score (nSPS) is 30.3. The lowest BCUT2D eigenvalue weighted by molar-refractivity contribution is 0.102. The van der Waals surface area contributed by atoms with Crippen molar-refractivity contribution in [1.29, 1.82) is 0 Å². The van der Waals surface area contributed by atoms with Crippen LogP contribution in [0.3, 0.4) is 0 Å². The third kappa shape index (κ3) is 3.31. The minimum absolute atomic E-state index is 0.506. The van der Waals surface area contributed by atoms with Crippen LogP contribution in [-0.4, -0.2) is 25.3 Å². The molecule has 1 atom stereocenters. The van der Waals surface area contributed by atoms with Gasteiger partial charge in [-0.25, -0.2) is 0 Å². The first kappa shape index (κ1) is 13.4. The second-order valence-corrected chi connectivity index (χ2v) is 6.17. The van der Waals surface area contributed by atoms with Gasteiger partial charge in [-0.2, -0.15) is 0 Å². The van der Waals surface area contributed by atoms with Crippen LogP contribution in [-0.2, 0) is 4.74 Å². The zero-order valence-electron chi connectivity index (χ0n) is 11.3. The Morgan fingerprint density at radius 2 is 2.11 bits per heavy atom. The van der Waals surface area contributed by atoms with E-state index in [0.717, 1.165) is 24.6 Å². The predicted molar refractivity (Wildman–Crippen MR) is 78.8 cm³/mol. The maximum Gasteiger partial charge on any atom is 0.0588 e. The number of halogens is 1. The summed E-state index contributed by atoms with van der Waals surface area (Å²) in [6.07, 6.45) is 6.58. The zero-order chi connectivity index (χ0) is 13.1. The van der Waals surface area contributed by atoms with Crippen molar-refractivity contribution in [2.45, 2.75) is 50.2 Å². The van der Waals surface area contributed by atoms with Gasteiger partial charge in [0.25, 0.3) is 0 Å². The standard InChI is InChI=1S/C16H22ClNO/c17-16-6-2-1-5-15(16)12-10-13(11-12)18-8-7-14-4-3-9-19-14/h1-2,5-6,12-14,18H,3-4,7-11H2. The van der Waals surface area contributed by atoms with Crippen molar-refractivity contribution in [3.05, 3.63) is 34.9 Å². The fourth-order valence-corrected chi connectivity index (χ4v) is 3.46. The van der Waals surface area contributed by atoms with Crippen LogP contribution in [0.25, 0.3) is 0 Å². The quantitative estimate of drug-likeness (QED) is 0.886. The van der Waals surface area contributed by atoms with E-state index in [1.165, 1.54) is 31.2 Å². The van der Waals surface area contributed by atoms with Crippen molar-refractivity contribution in [2.75, 3.05) is 13.2 Å². The van der Waals surface area contributed by atoms with Gasteiger partial charge < -0.3 is 10.1 Å². The average molecular weight is 280 g/mol. The molecule has 1 saturated heterocycles. The highest BCUT2D eigenvalue weighted by atomic mass is 35.5. The van der Waals surface area contributed by atoms with E-state index in [0.29, 0.717) is 18.1 Å². The summed E-state index contributed by atoms with van der Waals surface area (Å²) in [5.41, 5.74) is 1.32. The number of hydrogen-bond donors (Lipinski definition) is 1. The van der Waals surface area contributed by atoms with Gasteiger partial charge in [0.15, 0.2) is 0 Å². The van der Waals surface area contributed by atoms with Crippen molar-refractivity contribution in [3.8, 4) is 0 Å². The first-order valence-corrected chi connectivity index (χ1v) is 7.80. The Hall–Kier alpha value is -0.570. The van der Waals surface area contributed by atoms with Crippen molar-refractivity contribution >= 4 is 11.6 Å². The molecule has 1 heterocycles. The van der Waals surface area contributed by atoms with Crippen LogP contribution in [0, 0.1) is 0 Å². The summed E-state index contributed by atoms with van der Waals surface area (Å²) in [5, 5.41) is 4.56. The van der Waals surface area contributed by atoms with E-state index >= 15 is 0 Å². The summed E-state index contributed by atoms with van der Waals surface area (Å²) in [7, 11) is 0. The molecule has 1 N–H and O–H groups in total. The molecule has 2 fully saturated rings. The lowest BCUT2D eigenvalue weighted by atomic mass is 9.76. The van der Waals surface area contributed by atoms with Crippen molar-refractivity contribution < 1.29 is 4.74 Å². The second kappa shape index (κ2) is 6.25. The van der Waals surface area contributed by atoms with E-state index in [1.54, 1.807) is 0 Å². The molecular formula is C16H22ClNO. The second-order valence-electron chi connectivity index (χ2n) is 5.76. The first-order valence-electron chi connectivity index (χ1n) is 7.42. The third-order valence-electron chi connectivity index (χ3n) is 4.41. The van der Waals surface area contributed by atoms with Crippen LogP contribution in [0.4, 0.5) is 0 Å². The number of hydrogen-bond acceptors (Lipinski definition) is 2. The molecule has 2 nitrogen and oxygen atoms in total. The Morgan fingerprint density at radius 3 is 2.84 bits per heavy atom. The van der Waals surface area contributed by atoms with Crippen LogP contribution in [0.5, 0.6) is 0 Å². The van der Waals surface area contributed by atoms with Crippen LogP contribution in [0.2, 0.25) is 5.02 Å². The maximum absolute atomic E-state index is 6.23. The summed E-state index contributed by atoms with van der Waals surface area (Å²) >= 11 is 6.23. The van der Waals surface area contributed by atoms with E-state index in [4.69, 9.17) is 16.3 Å². The van der Waals surface area contributed by atoms with E-state index in [1.807, 2.05) is 12.1 Å². The molecule has 1 aliphatic heterocycles. The summed E-state index contributed by atoms with van der Waals surface area (Å²) in [4.78, 5) is 0. The topological polar surface area (TPSA) is 21.3 Å². The molecule has 0 amide bonds. The highest BCUT2D eigenvalue weighted by molar-refractivity contribution is 6.31. The van der Waals surface area contributed by atoms with Crippen LogP contribution in [0.15, 0.2) is 24.3 Å². The fraction of sp³-hybridized carbons (Fsp3) is 0.625. The molecule has 1 aromatic rings. The zero-order valence-corrected chi connectivity index (χ0v) is 12.0. The Bertz CT molecular complexity index is 411. The van der Waals surface area contributed by atoms with Crippen LogP contribution >= 0.6 is 11.6 Å². The van der Waals surface area contributed by atoms with E-state index < -0.39 is 0 Å². The van der Waals surface area contributed by atoms with E-state index in [-0.39, 0.29) is 0 Å². The largest absolute Gasteiger partial charge is 0.378 e. The van der Waals surface area contributed by atoms with Gasteiger partial charge in [0.1, 0.15) is 0 Å². The molecule has 1 aromatic carbocycles. The number of ether oxygens (including phenoxy) is 1. The molecular weight excluding hydrogens is 258 g/mol. The summed E-state index contributed by atoms with van der Waals surface area (Å²) in [6.45, 7) is 2.05. The fourth-order valence-electron chi connectivity index (χ4n) is 3.17. The molecule has 0 bridgehead atoms. The molecule has 0 spiro atoms. The van der Waals surface area contributed by atoms with Crippen molar-refractivity contribution in [3.63, 3.8) is 0 Å². The molecule has 3 rings (SSSR count). The highest BCUT2D eigenvalue weighted by Crippen LogP contribution is 2.39. The lowest BCUT2D eigenvalue weighted by Gasteiger charge is -2.37. The molecule has 1 saturated carbocycles. The van der Waals surface area contributed by atoms with Gasteiger partial charge in [0.05, 0.1) is 6.10 Å². The Kier molecular flexibility index (Phi) is 4.42. The predicted octanol–water partition coefficient (Wildman–Crippen LogP) is 3.74. The van der Waals surface area contributed by atoms with Gasteiger partial charge in [0, 0.05) is 17.7 Å². The molecule has 104 valence electrons. The first-order chi connectivity index (χ1) is 9.33. The highest BCUT2D eigenvalue weighted by Gasteiger charge is 2.31. The maximum atomic E-state index is 6.23. The molecule has 19 heavy (non-hydrogen) atoms.